The Hall–Kier alpha value is -1.69. The molecule has 1 aromatic rings. The van der Waals surface area contributed by atoms with Gasteiger partial charge >= 0.3 is 0 Å². The van der Waals surface area contributed by atoms with E-state index in [1.54, 1.807) is 6.07 Å². The second kappa shape index (κ2) is 4.89. The molecule has 3 heteroatoms. The van der Waals surface area contributed by atoms with Crippen LogP contribution in [-0.2, 0) is 0 Å². The quantitative estimate of drug-likeness (QED) is 0.759. The first kappa shape index (κ1) is 10.8. The summed E-state index contributed by atoms with van der Waals surface area (Å²) >= 11 is 0. The largest absolute Gasteiger partial charge is 0.398 e. The highest BCUT2D eigenvalue weighted by atomic mass is 14.9. The SMILES string of the molecule is N#Cc1cc(NCCC2CCC2)ccc1N. The van der Waals surface area contributed by atoms with Crippen LogP contribution in [-0.4, -0.2) is 6.54 Å². The molecule has 0 unspecified atom stereocenters. The maximum atomic E-state index is 8.85. The molecule has 1 aromatic carbocycles. The molecule has 0 atom stereocenters. The standard InChI is InChI=1S/C13H17N3/c14-9-11-8-12(4-5-13(11)15)16-7-6-10-2-1-3-10/h4-5,8,10,16H,1-3,6-7,15H2. The number of hydrogen-bond donors (Lipinski definition) is 2. The maximum absolute atomic E-state index is 8.85. The van der Waals surface area contributed by atoms with Crippen LogP contribution in [0.5, 0.6) is 0 Å². The van der Waals surface area contributed by atoms with Crippen molar-refractivity contribution in [3.05, 3.63) is 23.8 Å². The van der Waals surface area contributed by atoms with Gasteiger partial charge in [0.15, 0.2) is 0 Å². The van der Waals surface area contributed by atoms with E-state index in [0.29, 0.717) is 11.3 Å². The number of anilines is 2. The molecule has 16 heavy (non-hydrogen) atoms. The van der Waals surface area contributed by atoms with Crippen LogP contribution < -0.4 is 11.1 Å². The van der Waals surface area contributed by atoms with Gasteiger partial charge in [0.2, 0.25) is 0 Å². The summed E-state index contributed by atoms with van der Waals surface area (Å²) in [5, 5.41) is 12.2. The van der Waals surface area contributed by atoms with E-state index in [0.717, 1.165) is 18.2 Å². The van der Waals surface area contributed by atoms with Crippen LogP contribution in [0, 0.1) is 17.2 Å². The minimum absolute atomic E-state index is 0.548. The van der Waals surface area contributed by atoms with E-state index in [-0.39, 0.29) is 0 Å². The smallest absolute Gasteiger partial charge is 0.101 e. The van der Waals surface area contributed by atoms with Gasteiger partial charge in [0.05, 0.1) is 5.56 Å². The monoisotopic (exact) mass is 215 g/mol. The van der Waals surface area contributed by atoms with E-state index in [1.165, 1.54) is 25.7 Å². The first-order valence-corrected chi connectivity index (χ1v) is 5.83. The summed E-state index contributed by atoms with van der Waals surface area (Å²) in [7, 11) is 0. The third-order valence-corrected chi connectivity index (χ3v) is 3.28. The fraction of sp³-hybridized carbons (Fsp3) is 0.462. The summed E-state index contributed by atoms with van der Waals surface area (Å²) in [5.74, 6) is 0.914. The molecule has 0 saturated heterocycles. The minimum atomic E-state index is 0.548. The van der Waals surface area contributed by atoms with Crippen LogP contribution in [0.15, 0.2) is 18.2 Å². The Bertz CT molecular complexity index is 402. The van der Waals surface area contributed by atoms with Crippen LogP contribution >= 0.6 is 0 Å². The van der Waals surface area contributed by atoms with Crippen LogP contribution in [0.25, 0.3) is 0 Å². The zero-order valence-electron chi connectivity index (χ0n) is 9.37. The average molecular weight is 215 g/mol. The highest BCUT2D eigenvalue weighted by Gasteiger charge is 2.16. The second-order valence-electron chi connectivity index (χ2n) is 4.43. The first-order chi connectivity index (χ1) is 7.79. The van der Waals surface area contributed by atoms with Gasteiger partial charge in [-0.05, 0) is 30.5 Å². The summed E-state index contributed by atoms with van der Waals surface area (Å²) in [4.78, 5) is 0. The van der Waals surface area contributed by atoms with E-state index in [1.807, 2.05) is 12.1 Å². The summed E-state index contributed by atoms with van der Waals surface area (Å²) in [6.07, 6.45) is 5.39. The normalized spacial score (nSPS) is 15.2. The number of nitriles is 1. The number of nitrogen functional groups attached to an aromatic ring is 1. The van der Waals surface area contributed by atoms with Gasteiger partial charge < -0.3 is 11.1 Å². The predicted octanol–water partition coefficient (Wildman–Crippen LogP) is 2.74. The molecule has 3 nitrogen and oxygen atoms in total. The third-order valence-electron chi connectivity index (χ3n) is 3.28. The van der Waals surface area contributed by atoms with Crippen LogP contribution in [0.3, 0.4) is 0 Å². The number of benzene rings is 1. The van der Waals surface area contributed by atoms with Gasteiger partial charge in [-0.2, -0.15) is 5.26 Å². The Morgan fingerprint density at radius 1 is 1.44 bits per heavy atom. The molecule has 0 bridgehead atoms. The molecule has 1 aliphatic rings. The van der Waals surface area contributed by atoms with Gasteiger partial charge in [-0.3, -0.25) is 0 Å². The van der Waals surface area contributed by atoms with Crippen molar-refractivity contribution >= 4 is 11.4 Å². The highest BCUT2D eigenvalue weighted by molar-refractivity contribution is 5.61. The third kappa shape index (κ3) is 2.46. The van der Waals surface area contributed by atoms with E-state index < -0.39 is 0 Å². The van der Waals surface area contributed by atoms with Gasteiger partial charge in [0.25, 0.3) is 0 Å². The van der Waals surface area contributed by atoms with Crippen molar-refractivity contribution in [2.24, 2.45) is 5.92 Å². The predicted molar refractivity (Wildman–Crippen MR) is 66.0 cm³/mol. The van der Waals surface area contributed by atoms with Crippen molar-refractivity contribution in [3.63, 3.8) is 0 Å². The van der Waals surface area contributed by atoms with Gasteiger partial charge in [-0.25, -0.2) is 0 Å². The molecule has 1 aliphatic carbocycles. The Morgan fingerprint density at radius 2 is 2.25 bits per heavy atom. The van der Waals surface area contributed by atoms with E-state index in [4.69, 9.17) is 11.0 Å². The van der Waals surface area contributed by atoms with Gasteiger partial charge in [0.1, 0.15) is 6.07 Å². The Balaban J connectivity index is 1.86. The summed E-state index contributed by atoms with van der Waals surface area (Å²) in [6.45, 7) is 0.986. The van der Waals surface area contributed by atoms with Crippen LogP contribution in [0.4, 0.5) is 11.4 Å². The van der Waals surface area contributed by atoms with Crippen molar-refractivity contribution in [2.45, 2.75) is 25.7 Å². The maximum Gasteiger partial charge on any atom is 0.101 e. The lowest BCUT2D eigenvalue weighted by molar-refractivity contribution is 0.303. The lowest BCUT2D eigenvalue weighted by Gasteiger charge is -2.25. The lowest BCUT2D eigenvalue weighted by atomic mass is 9.83. The molecule has 0 spiro atoms. The van der Waals surface area contributed by atoms with Crippen molar-refractivity contribution in [3.8, 4) is 6.07 Å². The topological polar surface area (TPSA) is 61.8 Å². The minimum Gasteiger partial charge on any atom is -0.398 e. The zero-order chi connectivity index (χ0) is 11.4. The summed E-state index contributed by atoms with van der Waals surface area (Å²) < 4.78 is 0. The Kier molecular flexibility index (Phi) is 3.31. The molecule has 1 fully saturated rings. The van der Waals surface area contributed by atoms with E-state index >= 15 is 0 Å². The molecule has 1 saturated carbocycles. The van der Waals surface area contributed by atoms with Gasteiger partial charge in [-0.15, -0.1) is 0 Å². The molecule has 0 heterocycles. The fourth-order valence-corrected chi connectivity index (χ4v) is 1.97. The number of hydrogen-bond acceptors (Lipinski definition) is 3. The number of nitrogens with zero attached hydrogens (tertiary/aromatic N) is 1. The Labute approximate surface area is 96.3 Å². The van der Waals surface area contributed by atoms with E-state index in [2.05, 4.69) is 11.4 Å². The van der Waals surface area contributed by atoms with E-state index in [9.17, 15) is 0 Å². The lowest BCUT2D eigenvalue weighted by Crippen LogP contribution is -2.15. The zero-order valence-corrected chi connectivity index (χ0v) is 9.37. The average Bonchev–Trinajstić information content (AvgIpc) is 2.24. The molecular weight excluding hydrogens is 198 g/mol. The van der Waals surface area contributed by atoms with Gasteiger partial charge in [0, 0.05) is 17.9 Å². The van der Waals surface area contributed by atoms with Crippen molar-refractivity contribution in [1.29, 1.82) is 5.26 Å². The molecule has 0 aliphatic heterocycles. The number of nitrogens with two attached hydrogens (primary N) is 1. The Morgan fingerprint density at radius 3 is 2.88 bits per heavy atom. The number of nitrogens with one attached hydrogen (secondary N) is 1. The van der Waals surface area contributed by atoms with Crippen molar-refractivity contribution in [2.75, 3.05) is 17.6 Å². The molecular formula is C13H17N3. The summed E-state index contributed by atoms with van der Waals surface area (Å²) in [5.41, 5.74) is 7.75. The molecule has 0 amide bonds. The summed E-state index contributed by atoms with van der Waals surface area (Å²) in [6, 6.07) is 7.62. The highest BCUT2D eigenvalue weighted by Crippen LogP contribution is 2.29. The molecule has 84 valence electrons. The number of rotatable bonds is 4. The van der Waals surface area contributed by atoms with Crippen LogP contribution in [0.1, 0.15) is 31.2 Å². The first-order valence-electron chi connectivity index (χ1n) is 5.83. The van der Waals surface area contributed by atoms with Crippen LogP contribution in [0.2, 0.25) is 0 Å². The molecule has 0 aromatic heterocycles. The van der Waals surface area contributed by atoms with Crippen molar-refractivity contribution in [1.82, 2.24) is 0 Å². The fourth-order valence-electron chi connectivity index (χ4n) is 1.97. The molecule has 3 N–H and O–H groups in total. The van der Waals surface area contributed by atoms with Gasteiger partial charge in [-0.1, -0.05) is 19.3 Å². The second-order valence-corrected chi connectivity index (χ2v) is 4.43. The molecule has 0 radical (unpaired) electrons. The van der Waals surface area contributed by atoms with Crippen molar-refractivity contribution < 1.29 is 0 Å². The molecule has 2 rings (SSSR count).